The van der Waals surface area contributed by atoms with Crippen LogP contribution in [0.3, 0.4) is 0 Å². The van der Waals surface area contributed by atoms with E-state index in [9.17, 15) is 4.79 Å². The highest BCUT2D eigenvalue weighted by Crippen LogP contribution is 2.26. The average Bonchev–Trinajstić information content (AvgIpc) is 2.51. The smallest absolute Gasteiger partial charge is 0.255 e. The van der Waals surface area contributed by atoms with Crippen LogP contribution in [0.2, 0.25) is 10.0 Å². The van der Waals surface area contributed by atoms with Crippen molar-refractivity contribution < 1.29 is 9.53 Å². The van der Waals surface area contributed by atoms with Crippen molar-refractivity contribution >= 4 is 34.8 Å². The van der Waals surface area contributed by atoms with Crippen LogP contribution in [-0.4, -0.2) is 12.5 Å². The topological polar surface area (TPSA) is 38.3 Å². The van der Waals surface area contributed by atoms with Gasteiger partial charge in [-0.1, -0.05) is 36.5 Å². The molecular formula is C17H17Cl2NO2. The lowest BCUT2D eigenvalue weighted by atomic mass is 10.2. The maximum Gasteiger partial charge on any atom is 0.255 e. The number of hydrogen-bond donors (Lipinski definition) is 1. The number of ether oxygens (including phenoxy) is 1. The summed E-state index contributed by atoms with van der Waals surface area (Å²) < 4.78 is 5.56. The molecule has 0 heterocycles. The zero-order valence-electron chi connectivity index (χ0n) is 12.2. The van der Waals surface area contributed by atoms with Crippen molar-refractivity contribution in [2.45, 2.75) is 19.8 Å². The van der Waals surface area contributed by atoms with E-state index in [1.807, 2.05) is 0 Å². The summed E-state index contributed by atoms with van der Waals surface area (Å²) in [7, 11) is 0. The Morgan fingerprint density at radius 2 is 1.86 bits per heavy atom. The van der Waals surface area contributed by atoms with Crippen LogP contribution in [-0.2, 0) is 0 Å². The molecule has 0 aliphatic heterocycles. The van der Waals surface area contributed by atoms with Gasteiger partial charge >= 0.3 is 0 Å². The van der Waals surface area contributed by atoms with Gasteiger partial charge in [-0.25, -0.2) is 0 Å². The molecule has 0 saturated heterocycles. The number of anilines is 1. The zero-order chi connectivity index (χ0) is 15.9. The Kier molecular flexibility index (Phi) is 6.10. The van der Waals surface area contributed by atoms with Gasteiger partial charge < -0.3 is 10.1 Å². The molecule has 0 bridgehead atoms. The number of hydrogen-bond acceptors (Lipinski definition) is 2. The van der Waals surface area contributed by atoms with E-state index in [0.29, 0.717) is 27.9 Å². The molecule has 0 aliphatic rings. The summed E-state index contributed by atoms with van der Waals surface area (Å²) in [5.41, 5.74) is 1.06. The van der Waals surface area contributed by atoms with Gasteiger partial charge in [0.15, 0.2) is 0 Å². The zero-order valence-corrected chi connectivity index (χ0v) is 13.7. The van der Waals surface area contributed by atoms with Crippen LogP contribution >= 0.6 is 23.2 Å². The second-order valence-corrected chi connectivity index (χ2v) is 5.65. The summed E-state index contributed by atoms with van der Waals surface area (Å²) in [5, 5.41) is 3.68. The van der Waals surface area contributed by atoms with Gasteiger partial charge in [0.05, 0.1) is 17.3 Å². The molecule has 5 heteroatoms. The van der Waals surface area contributed by atoms with Gasteiger partial charge in [-0.2, -0.15) is 0 Å². The van der Waals surface area contributed by atoms with E-state index >= 15 is 0 Å². The van der Waals surface area contributed by atoms with Crippen LogP contribution in [0.15, 0.2) is 42.5 Å². The van der Waals surface area contributed by atoms with Gasteiger partial charge in [-0.05, 0) is 48.9 Å². The number of unbranched alkanes of at least 4 members (excludes halogenated alkanes) is 1. The molecular weight excluding hydrogens is 321 g/mol. The van der Waals surface area contributed by atoms with Crippen molar-refractivity contribution in [2.75, 3.05) is 11.9 Å². The lowest BCUT2D eigenvalue weighted by Gasteiger charge is -2.09. The van der Waals surface area contributed by atoms with Crippen LogP contribution in [0.25, 0.3) is 0 Å². The first kappa shape index (κ1) is 16.7. The predicted molar refractivity (Wildman–Crippen MR) is 91.3 cm³/mol. The number of nitrogens with one attached hydrogen (secondary N) is 1. The van der Waals surface area contributed by atoms with Crippen LogP contribution in [0.4, 0.5) is 5.69 Å². The number of carbonyl (C=O) groups excluding carboxylic acids is 1. The molecule has 2 aromatic carbocycles. The molecule has 3 nitrogen and oxygen atoms in total. The first-order valence-corrected chi connectivity index (χ1v) is 7.85. The van der Waals surface area contributed by atoms with Gasteiger partial charge in [0.2, 0.25) is 0 Å². The van der Waals surface area contributed by atoms with E-state index in [4.69, 9.17) is 27.9 Å². The monoisotopic (exact) mass is 337 g/mol. The van der Waals surface area contributed by atoms with Crippen molar-refractivity contribution in [3.63, 3.8) is 0 Å². The summed E-state index contributed by atoms with van der Waals surface area (Å²) in [6.07, 6.45) is 2.10. The molecule has 0 saturated carbocycles. The van der Waals surface area contributed by atoms with E-state index in [1.165, 1.54) is 0 Å². The minimum absolute atomic E-state index is 0.232. The Labute approximate surface area is 140 Å². The van der Waals surface area contributed by atoms with Crippen LogP contribution in [0.1, 0.15) is 30.1 Å². The second kappa shape index (κ2) is 8.06. The Bertz CT molecular complexity index is 642. The maximum atomic E-state index is 12.2. The number of halogens is 2. The largest absolute Gasteiger partial charge is 0.494 e. The molecule has 116 valence electrons. The lowest BCUT2D eigenvalue weighted by molar-refractivity contribution is 0.102. The predicted octanol–water partition coefficient (Wildman–Crippen LogP) is 5.42. The Balaban J connectivity index is 2.00. The molecule has 1 amide bonds. The normalized spacial score (nSPS) is 10.3. The van der Waals surface area contributed by atoms with Crippen molar-refractivity contribution in [3.8, 4) is 5.75 Å². The Hall–Kier alpha value is -1.71. The molecule has 0 fully saturated rings. The van der Waals surface area contributed by atoms with Crippen molar-refractivity contribution in [1.29, 1.82) is 0 Å². The fourth-order valence-electron chi connectivity index (χ4n) is 1.82. The fraction of sp³-hybridized carbons (Fsp3) is 0.235. The third-order valence-corrected chi connectivity index (χ3v) is 3.61. The van der Waals surface area contributed by atoms with E-state index < -0.39 is 0 Å². The summed E-state index contributed by atoms with van der Waals surface area (Å²) in [6.45, 7) is 2.79. The third kappa shape index (κ3) is 4.65. The molecule has 0 atom stereocenters. The molecule has 0 unspecified atom stereocenters. The summed E-state index contributed by atoms with van der Waals surface area (Å²) in [4.78, 5) is 12.2. The molecule has 0 aromatic heterocycles. The molecule has 0 aliphatic carbocycles. The quantitative estimate of drug-likeness (QED) is 0.714. The first-order chi connectivity index (χ1) is 10.6. The highest BCUT2D eigenvalue weighted by atomic mass is 35.5. The molecule has 0 radical (unpaired) electrons. The van der Waals surface area contributed by atoms with Crippen molar-refractivity contribution in [2.24, 2.45) is 0 Å². The molecule has 22 heavy (non-hydrogen) atoms. The first-order valence-electron chi connectivity index (χ1n) is 7.09. The van der Waals surface area contributed by atoms with E-state index in [2.05, 4.69) is 12.2 Å². The van der Waals surface area contributed by atoms with E-state index in [-0.39, 0.29) is 5.91 Å². The second-order valence-electron chi connectivity index (χ2n) is 4.80. The standard InChI is InChI=1S/C17H17Cl2NO2/c1-2-3-10-22-14-7-4-12(5-8-14)17(21)20-16-9-6-13(18)11-15(16)19/h4-9,11H,2-3,10H2,1H3,(H,20,21). The number of rotatable bonds is 6. The van der Waals surface area contributed by atoms with E-state index in [0.717, 1.165) is 18.6 Å². The molecule has 0 spiro atoms. The maximum absolute atomic E-state index is 12.2. The Morgan fingerprint density at radius 1 is 1.14 bits per heavy atom. The molecule has 1 N–H and O–H groups in total. The van der Waals surface area contributed by atoms with Gasteiger partial charge in [0.25, 0.3) is 5.91 Å². The summed E-state index contributed by atoms with van der Waals surface area (Å²) in [5.74, 6) is 0.527. The number of amides is 1. The van der Waals surface area contributed by atoms with Crippen LogP contribution in [0, 0.1) is 0 Å². The van der Waals surface area contributed by atoms with Crippen molar-refractivity contribution in [1.82, 2.24) is 0 Å². The molecule has 2 aromatic rings. The van der Waals surface area contributed by atoms with Gasteiger partial charge in [-0.3, -0.25) is 4.79 Å². The third-order valence-electron chi connectivity index (χ3n) is 3.06. The number of carbonyl (C=O) groups is 1. The minimum Gasteiger partial charge on any atom is -0.494 e. The highest BCUT2D eigenvalue weighted by Gasteiger charge is 2.09. The SMILES string of the molecule is CCCCOc1ccc(C(=O)Nc2ccc(Cl)cc2Cl)cc1. The van der Waals surface area contributed by atoms with Crippen molar-refractivity contribution in [3.05, 3.63) is 58.1 Å². The van der Waals surface area contributed by atoms with Gasteiger partial charge in [0.1, 0.15) is 5.75 Å². The summed E-state index contributed by atoms with van der Waals surface area (Å²) in [6, 6.07) is 11.9. The minimum atomic E-state index is -0.232. The van der Waals surface area contributed by atoms with Crippen LogP contribution in [0.5, 0.6) is 5.75 Å². The average molecular weight is 338 g/mol. The van der Waals surface area contributed by atoms with Crippen LogP contribution < -0.4 is 10.1 Å². The number of benzene rings is 2. The van der Waals surface area contributed by atoms with E-state index in [1.54, 1.807) is 42.5 Å². The van der Waals surface area contributed by atoms with Gasteiger partial charge in [-0.15, -0.1) is 0 Å². The molecule has 2 rings (SSSR count). The van der Waals surface area contributed by atoms with Gasteiger partial charge in [0, 0.05) is 10.6 Å². The Morgan fingerprint density at radius 3 is 2.50 bits per heavy atom. The summed E-state index contributed by atoms with van der Waals surface area (Å²) >= 11 is 11.9. The highest BCUT2D eigenvalue weighted by molar-refractivity contribution is 6.36. The lowest BCUT2D eigenvalue weighted by Crippen LogP contribution is -2.12. The fourth-order valence-corrected chi connectivity index (χ4v) is 2.28.